The quantitative estimate of drug-likeness (QED) is 0.453. The molecule has 0 bridgehead atoms. The van der Waals surface area contributed by atoms with E-state index in [9.17, 15) is 13.2 Å². The van der Waals surface area contributed by atoms with E-state index < -0.39 is 11.7 Å². The Labute approximate surface area is 105 Å². The summed E-state index contributed by atoms with van der Waals surface area (Å²) in [5.41, 5.74) is 0.208. The first-order valence-corrected chi connectivity index (χ1v) is 5.55. The van der Waals surface area contributed by atoms with Gasteiger partial charge in [0.1, 0.15) is 19.4 Å². The number of benzene rings is 1. The molecule has 96 valence electrons. The molecule has 0 aliphatic carbocycles. The van der Waals surface area contributed by atoms with Crippen LogP contribution in [0.5, 0.6) is 5.75 Å². The monoisotopic (exact) mass is 254 g/mol. The van der Waals surface area contributed by atoms with Crippen molar-refractivity contribution in [3.05, 3.63) is 53.8 Å². The fraction of sp³-hybridized carbons (Fsp3) is 0.231. The molecule has 0 unspecified atom stereocenters. The second kappa shape index (κ2) is 5.80. The molecule has 0 aromatic heterocycles. The van der Waals surface area contributed by atoms with E-state index in [0.717, 1.165) is 24.0 Å². The number of allylic oxidation sites excluding steroid dienone is 2. The largest absolute Gasteiger partial charge is 0.457 e. The second-order valence-electron chi connectivity index (χ2n) is 3.83. The van der Waals surface area contributed by atoms with Gasteiger partial charge >= 0.3 is 6.18 Å². The van der Waals surface area contributed by atoms with Gasteiger partial charge in [0.05, 0.1) is 5.56 Å². The van der Waals surface area contributed by atoms with Crippen molar-refractivity contribution in [3.8, 4) is 5.75 Å². The highest BCUT2D eigenvalue weighted by atomic mass is 19.4. The number of hydrogen-bond acceptors (Lipinski definition) is 1. The molecule has 18 heavy (non-hydrogen) atoms. The van der Waals surface area contributed by atoms with E-state index in [1.54, 1.807) is 0 Å². The molecule has 0 saturated heterocycles. The topological polar surface area (TPSA) is 9.23 Å². The van der Waals surface area contributed by atoms with Gasteiger partial charge in [-0.05, 0) is 36.8 Å². The third kappa shape index (κ3) is 3.69. The lowest BCUT2D eigenvalue weighted by Crippen LogP contribution is -2.05. The Morgan fingerprint density at radius 3 is 2.61 bits per heavy atom. The summed E-state index contributed by atoms with van der Waals surface area (Å²) in [6.45, 7) is 5.44. The van der Waals surface area contributed by atoms with E-state index in [1.807, 2.05) is 14.8 Å². The Hall–Kier alpha value is -1.65. The normalized spacial score (nSPS) is 12.9. The third-order valence-electron chi connectivity index (χ3n) is 2.53. The van der Waals surface area contributed by atoms with Gasteiger partial charge in [0.2, 0.25) is 0 Å². The van der Waals surface area contributed by atoms with Crippen LogP contribution >= 0.6 is 0 Å². The molecule has 1 aromatic rings. The van der Waals surface area contributed by atoms with Crippen LogP contribution in [0, 0.1) is 0 Å². The van der Waals surface area contributed by atoms with Crippen LogP contribution in [0.25, 0.3) is 0 Å². The summed E-state index contributed by atoms with van der Waals surface area (Å²) in [6.07, 6.45) is -2.11. The first-order valence-electron chi connectivity index (χ1n) is 5.55. The van der Waals surface area contributed by atoms with Crippen molar-refractivity contribution in [2.45, 2.75) is 19.4 Å². The smallest absolute Gasteiger partial charge is 0.416 e. The first-order chi connectivity index (χ1) is 8.38. The van der Waals surface area contributed by atoms with Crippen LogP contribution in [0.3, 0.4) is 0 Å². The lowest BCUT2D eigenvalue weighted by molar-refractivity contribution is -0.137. The van der Waals surface area contributed by atoms with Crippen molar-refractivity contribution in [2.24, 2.45) is 0 Å². The highest BCUT2D eigenvalue weighted by Crippen LogP contribution is 2.31. The minimum Gasteiger partial charge on any atom is -0.457 e. The van der Waals surface area contributed by atoms with E-state index in [-0.39, 0.29) is 5.75 Å². The Bertz CT molecular complexity index is 464. The third-order valence-corrected chi connectivity index (χ3v) is 2.53. The Balaban J connectivity index is 3.02. The number of halogens is 3. The number of hydrogen-bond donors (Lipinski definition) is 0. The standard InChI is InChI=1S/C13H14BF3O/c1-3-12(9(2)8-14)18-11-6-4-5-10(7-11)13(15,16)17/h3-7H,1,8,14H2,2H3/b12-9+. The van der Waals surface area contributed by atoms with Crippen LogP contribution in [0.15, 0.2) is 48.3 Å². The van der Waals surface area contributed by atoms with Gasteiger partial charge in [0, 0.05) is 0 Å². The minimum absolute atomic E-state index is 0.160. The molecule has 0 atom stereocenters. The molecule has 0 heterocycles. The fourth-order valence-corrected chi connectivity index (χ4v) is 1.34. The van der Waals surface area contributed by atoms with Gasteiger partial charge < -0.3 is 4.74 Å². The van der Waals surface area contributed by atoms with Crippen molar-refractivity contribution in [1.82, 2.24) is 0 Å². The van der Waals surface area contributed by atoms with Crippen LogP contribution in [0.4, 0.5) is 13.2 Å². The lowest BCUT2D eigenvalue weighted by Gasteiger charge is -2.12. The molecule has 1 rings (SSSR count). The number of alkyl halides is 3. The summed E-state index contributed by atoms with van der Waals surface area (Å²) in [4.78, 5) is 0. The van der Waals surface area contributed by atoms with Gasteiger partial charge in [-0.1, -0.05) is 19.0 Å². The summed E-state index contributed by atoms with van der Waals surface area (Å²) in [6, 6.07) is 4.80. The average Bonchev–Trinajstić information content (AvgIpc) is 2.34. The Kier molecular flexibility index (Phi) is 4.65. The number of ether oxygens (including phenoxy) is 1. The SMILES string of the molecule is BC/C(C)=C(\C=C)Oc1cccc(C(F)(F)F)c1. The van der Waals surface area contributed by atoms with Crippen LogP contribution in [-0.4, -0.2) is 7.85 Å². The van der Waals surface area contributed by atoms with Gasteiger partial charge in [0.15, 0.2) is 0 Å². The summed E-state index contributed by atoms with van der Waals surface area (Å²) in [5.74, 6) is 0.657. The van der Waals surface area contributed by atoms with Crippen molar-refractivity contribution < 1.29 is 17.9 Å². The van der Waals surface area contributed by atoms with Gasteiger partial charge in [-0.3, -0.25) is 0 Å². The van der Waals surface area contributed by atoms with Crippen LogP contribution in [0.2, 0.25) is 6.32 Å². The van der Waals surface area contributed by atoms with E-state index in [1.165, 1.54) is 18.2 Å². The molecule has 0 spiro atoms. The maximum atomic E-state index is 12.5. The molecular weight excluding hydrogens is 240 g/mol. The molecular formula is C13H14BF3O. The first kappa shape index (κ1) is 14.4. The maximum Gasteiger partial charge on any atom is 0.416 e. The van der Waals surface area contributed by atoms with Crippen LogP contribution < -0.4 is 4.74 Å². The summed E-state index contributed by atoms with van der Waals surface area (Å²) in [7, 11) is 1.94. The average molecular weight is 254 g/mol. The van der Waals surface area contributed by atoms with Gasteiger partial charge in [0.25, 0.3) is 0 Å². The Morgan fingerprint density at radius 1 is 1.44 bits per heavy atom. The second-order valence-corrected chi connectivity index (χ2v) is 3.83. The van der Waals surface area contributed by atoms with Gasteiger partial charge in [-0.25, -0.2) is 0 Å². The molecule has 5 heteroatoms. The summed E-state index contributed by atoms with van der Waals surface area (Å²) >= 11 is 0. The van der Waals surface area contributed by atoms with E-state index >= 15 is 0 Å². The van der Waals surface area contributed by atoms with Crippen molar-refractivity contribution in [3.63, 3.8) is 0 Å². The fourth-order valence-electron chi connectivity index (χ4n) is 1.34. The molecule has 1 nitrogen and oxygen atoms in total. The molecule has 0 aliphatic rings. The van der Waals surface area contributed by atoms with Gasteiger partial charge in [-0.15, -0.1) is 0 Å². The predicted molar refractivity (Wildman–Crippen MR) is 68.3 cm³/mol. The van der Waals surface area contributed by atoms with Crippen LogP contribution in [-0.2, 0) is 6.18 Å². The zero-order valence-electron chi connectivity index (χ0n) is 10.3. The number of rotatable bonds is 4. The molecule has 0 N–H and O–H groups in total. The van der Waals surface area contributed by atoms with E-state index in [0.29, 0.717) is 5.76 Å². The van der Waals surface area contributed by atoms with Crippen LogP contribution in [0.1, 0.15) is 12.5 Å². The molecule has 0 amide bonds. The highest BCUT2D eigenvalue weighted by molar-refractivity contribution is 6.10. The maximum absolute atomic E-state index is 12.5. The van der Waals surface area contributed by atoms with Crippen molar-refractivity contribution in [1.29, 1.82) is 0 Å². The predicted octanol–water partition coefficient (Wildman–Crippen LogP) is 3.60. The van der Waals surface area contributed by atoms with Gasteiger partial charge in [-0.2, -0.15) is 13.2 Å². The highest BCUT2D eigenvalue weighted by Gasteiger charge is 2.30. The minimum atomic E-state index is -4.36. The van der Waals surface area contributed by atoms with E-state index in [4.69, 9.17) is 4.74 Å². The zero-order valence-corrected chi connectivity index (χ0v) is 10.3. The van der Waals surface area contributed by atoms with E-state index in [2.05, 4.69) is 6.58 Å². The van der Waals surface area contributed by atoms with Crippen molar-refractivity contribution >= 4 is 7.85 Å². The zero-order chi connectivity index (χ0) is 13.8. The van der Waals surface area contributed by atoms with Crippen molar-refractivity contribution in [2.75, 3.05) is 0 Å². The molecule has 0 radical (unpaired) electrons. The Morgan fingerprint density at radius 2 is 2.11 bits per heavy atom. The molecule has 0 aliphatic heterocycles. The molecule has 0 fully saturated rings. The lowest BCUT2D eigenvalue weighted by atomic mass is 9.97. The molecule has 1 aromatic carbocycles. The summed E-state index contributed by atoms with van der Waals surface area (Å²) in [5, 5.41) is 0. The molecule has 0 saturated carbocycles. The summed E-state index contributed by atoms with van der Waals surface area (Å²) < 4.78 is 43.0.